The lowest BCUT2D eigenvalue weighted by Crippen LogP contribution is -2.58. The maximum absolute atomic E-state index is 12.8. The standard InChI is InChI=1S/C19H24N4O2.CH2O2/c1-12-13(2)21-18-9-14(3-4-17(18)20-12)19(25)22-7-5-15(6-8-22)23-10-16(24)11-23;2-1-3/h3-4,9,15-16,24H,5-8,10-11H2,1-2H3;1H,(H,2,3). The zero-order valence-electron chi connectivity index (χ0n) is 16.2. The van der Waals surface area contributed by atoms with Gasteiger partial charge in [0.25, 0.3) is 12.4 Å². The Hall–Kier alpha value is -2.58. The Morgan fingerprint density at radius 3 is 2.25 bits per heavy atom. The number of rotatable bonds is 2. The number of β-amino-alcohol motifs (C(OH)–C–C–N with tert-alkyl or cyclic N) is 1. The average Bonchev–Trinajstić information content (AvgIpc) is 2.66. The van der Waals surface area contributed by atoms with Crippen LogP contribution in [0.2, 0.25) is 0 Å². The third-order valence-corrected chi connectivity index (χ3v) is 5.48. The summed E-state index contributed by atoms with van der Waals surface area (Å²) in [4.78, 5) is 34.5. The predicted octanol–water partition coefficient (Wildman–Crippen LogP) is 1.23. The molecule has 0 atom stereocenters. The number of amides is 1. The molecule has 4 rings (SSSR count). The second-order valence-corrected chi connectivity index (χ2v) is 7.33. The highest BCUT2D eigenvalue weighted by Gasteiger charge is 2.34. The van der Waals surface area contributed by atoms with Gasteiger partial charge in [-0.15, -0.1) is 0 Å². The van der Waals surface area contributed by atoms with Crippen LogP contribution in [0.25, 0.3) is 11.0 Å². The summed E-state index contributed by atoms with van der Waals surface area (Å²) in [6.45, 7) is 6.73. The molecule has 3 heterocycles. The van der Waals surface area contributed by atoms with Crippen molar-refractivity contribution in [3.8, 4) is 0 Å². The van der Waals surface area contributed by atoms with Crippen molar-refractivity contribution in [3.63, 3.8) is 0 Å². The van der Waals surface area contributed by atoms with E-state index in [1.807, 2.05) is 36.9 Å². The number of aliphatic hydroxyl groups is 1. The van der Waals surface area contributed by atoms with Gasteiger partial charge in [0.15, 0.2) is 0 Å². The summed E-state index contributed by atoms with van der Waals surface area (Å²) in [6, 6.07) is 6.09. The molecule has 2 fully saturated rings. The van der Waals surface area contributed by atoms with Gasteiger partial charge < -0.3 is 15.1 Å². The number of nitrogens with zero attached hydrogens (tertiary/aromatic N) is 4. The maximum atomic E-state index is 12.8. The second-order valence-electron chi connectivity index (χ2n) is 7.33. The molecule has 2 aliphatic heterocycles. The van der Waals surface area contributed by atoms with Crippen LogP contribution in [-0.4, -0.2) is 80.7 Å². The largest absolute Gasteiger partial charge is 0.483 e. The summed E-state index contributed by atoms with van der Waals surface area (Å²) in [5.74, 6) is 0.0732. The van der Waals surface area contributed by atoms with Crippen molar-refractivity contribution < 1.29 is 19.8 Å². The Morgan fingerprint density at radius 1 is 1.11 bits per heavy atom. The lowest BCUT2D eigenvalue weighted by atomic mass is 9.98. The first kappa shape index (κ1) is 20.2. The number of piperidine rings is 1. The van der Waals surface area contributed by atoms with Crippen molar-refractivity contribution >= 4 is 23.4 Å². The van der Waals surface area contributed by atoms with Gasteiger partial charge in [-0.2, -0.15) is 0 Å². The Labute approximate surface area is 163 Å². The Balaban J connectivity index is 0.000000706. The van der Waals surface area contributed by atoms with E-state index < -0.39 is 0 Å². The van der Waals surface area contributed by atoms with E-state index >= 15 is 0 Å². The molecule has 2 saturated heterocycles. The first-order valence-electron chi connectivity index (χ1n) is 9.47. The summed E-state index contributed by atoms with van der Waals surface area (Å²) in [5.41, 5.74) is 4.11. The smallest absolute Gasteiger partial charge is 0.290 e. The van der Waals surface area contributed by atoms with Crippen LogP contribution < -0.4 is 0 Å². The van der Waals surface area contributed by atoms with E-state index in [9.17, 15) is 9.90 Å². The third kappa shape index (κ3) is 4.28. The molecule has 2 N–H and O–H groups in total. The number of fused-ring (bicyclic) bond motifs is 1. The number of carbonyl (C=O) groups excluding carboxylic acids is 1. The van der Waals surface area contributed by atoms with Crippen LogP contribution in [0, 0.1) is 13.8 Å². The number of hydrogen-bond acceptors (Lipinski definition) is 6. The first-order valence-corrected chi connectivity index (χ1v) is 9.47. The van der Waals surface area contributed by atoms with E-state index in [1.165, 1.54) is 0 Å². The van der Waals surface area contributed by atoms with E-state index in [4.69, 9.17) is 9.90 Å². The lowest BCUT2D eigenvalue weighted by molar-refractivity contribution is -0.122. The highest BCUT2D eigenvalue weighted by molar-refractivity contribution is 5.97. The van der Waals surface area contributed by atoms with Crippen LogP contribution in [-0.2, 0) is 4.79 Å². The molecule has 8 nitrogen and oxygen atoms in total. The molecule has 1 aromatic heterocycles. The third-order valence-electron chi connectivity index (χ3n) is 5.48. The number of aromatic nitrogens is 2. The Bertz CT molecular complexity index is 859. The van der Waals surface area contributed by atoms with Crippen LogP contribution in [0.15, 0.2) is 18.2 Å². The molecule has 150 valence electrons. The zero-order valence-corrected chi connectivity index (χ0v) is 16.2. The molecule has 0 spiro atoms. The van der Waals surface area contributed by atoms with Crippen molar-refractivity contribution in [1.29, 1.82) is 0 Å². The van der Waals surface area contributed by atoms with Gasteiger partial charge in [0.2, 0.25) is 0 Å². The fraction of sp³-hybridized carbons (Fsp3) is 0.500. The van der Waals surface area contributed by atoms with Crippen molar-refractivity contribution in [3.05, 3.63) is 35.2 Å². The van der Waals surface area contributed by atoms with Gasteiger partial charge in [0.1, 0.15) is 0 Å². The molecule has 0 saturated carbocycles. The van der Waals surface area contributed by atoms with E-state index in [-0.39, 0.29) is 18.5 Å². The monoisotopic (exact) mass is 386 g/mol. The molecule has 0 bridgehead atoms. The van der Waals surface area contributed by atoms with Gasteiger partial charge in [-0.25, -0.2) is 9.97 Å². The highest BCUT2D eigenvalue weighted by Crippen LogP contribution is 2.23. The maximum Gasteiger partial charge on any atom is 0.290 e. The van der Waals surface area contributed by atoms with Gasteiger partial charge in [-0.1, -0.05) is 0 Å². The molecule has 0 radical (unpaired) electrons. The van der Waals surface area contributed by atoms with E-state index in [2.05, 4.69) is 14.9 Å². The minimum absolute atomic E-state index is 0.0732. The number of benzene rings is 1. The van der Waals surface area contributed by atoms with Crippen LogP contribution in [0.3, 0.4) is 0 Å². The van der Waals surface area contributed by atoms with Gasteiger partial charge in [-0.05, 0) is 44.9 Å². The molecule has 0 aliphatic carbocycles. The van der Waals surface area contributed by atoms with Crippen molar-refractivity contribution in [2.75, 3.05) is 26.2 Å². The van der Waals surface area contributed by atoms with E-state index in [0.717, 1.165) is 61.4 Å². The fourth-order valence-electron chi connectivity index (χ4n) is 3.77. The van der Waals surface area contributed by atoms with Crippen LogP contribution in [0.1, 0.15) is 34.6 Å². The molecule has 2 aliphatic rings. The van der Waals surface area contributed by atoms with Gasteiger partial charge in [-0.3, -0.25) is 14.5 Å². The second kappa shape index (κ2) is 8.62. The summed E-state index contributed by atoms with van der Waals surface area (Å²) in [7, 11) is 0. The highest BCUT2D eigenvalue weighted by atomic mass is 16.3. The van der Waals surface area contributed by atoms with Crippen LogP contribution in [0.5, 0.6) is 0 Å². The fourth-order valence-corrected chi connectivity index (χ4v) is 3.77. The SMILES string of the molecule is Cc1nc2ccc(C(=O)N3CCC(N4CC(O)C4)CC3)cc2nc1C.O=CO. The topological polar surface area (TPSA) is 107 Å². The number of hydrogen-bond donors (Lipinski definition) is 2. The quantitative estimate of drug-likeness (QED) is 0.748. The summed E-state index contributed by atoms with van der Waals surface area (Å²) >= 11 is 0. The number of carbonyl (C=O) groups is 2. The molecular weight excluding hydrogens is 360 g/mol. The Morgan fingerprint density at radius 2 is 1.68 bits per heavy atom. The van der Waals surface area contributed by atoms with Crippen molar-refractivity contribution in [2.24, 2.45) is 0 Å². The van der Waals surface area contributed by atoms with Gasteiger partial charge in [0, 0.05) is 37.8 Å². The van der Waals surface area contributed by atoms with Gasteiger partial charge in [0.05, 0.1) is 28.5 Å². The van der Waals surface area contributed by atoms with Gasteiger partial charge >= 0.3 is 0 Å². The first-order chi connectivity index (χ1) is 13.4. The number of aryl methyl sites for hydroxylation is 2. The summed E-state index contributed by atoms with van der Waals surface area (Å²) < 4.78 is 0. The minimum Gasteiger partial charge on any atom is -0.483 e. The number of aliphatic hydroxyl groups excluding tert-OH is 1. The predicted molar refractivity (Wildman–Crippen MR) is 104 cm³/mol. The van der Waals surface area contributed by atoms with Crippen LogP contribution in [0.4, 0.5) is 0 Å². The molecule has 8 heteroatoms. The lowest BCUT2D eigenvalue weighted by Gasteiger charge is -2.45. The number of carboxylic acid groups (broad SMARTS) is 1. The zero-order chi connectivity index (χ0) is 20.3. The number of likely N-dealkylation sites (tertiary alicyclic amines) is 2. The van der Waals surface area contributed by atoms with E-state index in [0.29, 0.717) is 11.6 Å². The minimum atomic E-state index is -0.250. The Kier molecular flexibility index (Phi) is 6.21. The molecular formula is C20H26N4O4. The molecule has 2 aromatic rings. The average molecular weight is 386 g/mol. The van der Waals surface area contributed by atoms with E-state index in [1.54, 1.807) is 0 Å². The summed E-state index contributed by atoms with van der Waals surface area (Å²) in [5, 5.41) is 16.3. The van der Waals surface area contributed by atoms with Crippen LogP contribution >= 0.6 is 0 Å². The van der Waals surface area contributed by atoms with Crippen molar-refractivity contribution in [2.45, 2.75) is 38.8 Å². The molecule has 28 heavy (non-hydrogen) atoms. The molecule has 1 amide bonds. The molecule has 1 aromatic carbocycles. The normalized spacial score (nSPS) is 18.3. The summed E-state index contributed by atoms with van der Waals surface area (Å²) in [6.07, 6.45) is 1.79. The molecule has 0 unspecified atom stereocenters. The van der Waals surface area contributed by atoms with Crippen molar-refractivity contribution in [1.82, 2.24) is 19.8 Å².